The maximum Gasteiger partial charge on any atom is 0.197 e. The van der Waals surface area contributed by atoms with Gasteiger partial charge in [0.05, 0.1) is 27.6 Å². The van der Waals surface area contributed by atoms with Gasteiger partial charge in [-0.25, -0.2) is 9.97 Å². The summed E-state index contributed by atoms with van der Waals surface area (Å²) in [5.74, 6) is 1.34. The Morgan fingerprint density at radius 3 is 1.88 bits per heavy atom. The van der Waals surface area contributed by atoms with Gasteiger partial charge in [0, 0.05) is 49.8 Å². The van der Waals surface area contributed by atoms with Crippen LogP contribution in [0.5, 0.6) is 0 Å². The highest BCUT2D eigenvalue weighted by atomic mass is 16.3. The molecule has 6 nitrogen and oxygen atoms in total. The van der Waals surface area contributed by atoms with Crippen molar-refractivity contribution in [3.63, 3.8) is 0 Å². The minimum atomic E-state index is 0.644. The number of benzene rings is 6. The van der Waals surface area contributed by atoms with Crippen LogP contribution in [0.4, 0.5) is 0 Å². The maximum absolute atomic E-state index is 6.63. The number of rotatable bonds is 3. The Bertz CT molecular complexity index is 3100. The number of para-hydroxylation sites is 4. The Balaban J connectivity index is 1.34. The summed E-state index contributed by atoms with van der Waals surface area (Å²) in [5.41, 5.74) is 9.44. The Morgan fingerprint density at radius 2 is 1.08 bits per heavy atom. The fourth-order valence-corrected chi connectivity index (χ4v) is 7.66. The molecule has 0 saturated carbocycles. The summed E-state index contributed by atoms with van der Waals surface area (Å²) in [6, 6.07) is 50.3. The summed E-state index contributed by atoms with van der Waals surface area (Å²) >= 11 is 0. The van der Waals surface area contributed by atoms with Crippen LogP contribution in [0, 0.1) is 0 Å². The largest absolute Gasteiger partial charge is 0.450 e. The molecule has 0 spiro atoms. The van der Waals surface area contributed by atoms with Crippen LogP contribution in [0.25, 0.3) is 99.5 Å². The summed E-state index contributed by atoms with van der Waals surface area (Å²) in [6.07, 6.45) is 2.03. The zero-order chi connectivity index (χ0) is 32.1. The molecule has 11 rings (SSSR count). The third-order valence-electron chi connectivity index (χ3n) is 9.76. The van der Waals surface area contributed by atoms with Crippen LogP contribution in [0.3, 0.4) is 0 Å². The SMILES string of the molecule is c1ccc(-c2nc(-n3c4ccccc4c4cnc5c(ccc6c7ccccc7n(-c7ccccc7)c65)c43)c3oc4ccccc4c3n2)cc1. The van der Waals surface area contributed by atoms with E-state index in [-0.39, 0.29) is 0 Å². The third kappa shape index (κ3) is 3.62. The molecular formula is C43H25N5O. The minimum Gasteiger partial charge on any atom is -0.450 e. The molecule has 49 heavy (non-hydrogen) atoms. The van der Waals surface area contributed by atoms with Crippen LogP contribution in [0.2, 0.25) is 0 Å². The van der Waals surface area contributed by atoms with E-state index in [2.05, 4.69) is 118 Å². The smallest absolute Gasteiger partial charge is 0.197 e. The number of nitrogens with zero attached hydrogens (tertiary/aromatic N) is 5. The Labute approximate surface area is 279 Å². The number of aromatic nitrogens is 5. The van der Waals surface area contributed by atoms with Gasteiger partial charge in [-0.1, -0.05) is 103 Å². The molecule has 0 amide bonds. The second-order valence-corrected chi connectivity index (χ2v) is 12.4. The van der Waals surface area contributed by atoms with Crippen molar-refractivity contribution in [3.8, 4) is 22.9 Å². The van der Waals surface area contributed by atoms with Crippen molar-refractivity contribution in [2.45, 2.75) is 0 Å². The van der Waals surface area contributed by atoms with Crippen molar-refractivity contribution >= 4 is 76.6 Å². The summed E-state index contributed by atoms with van der Waals surface area (Å²) in [4.78, 5) is 15.7. The topological polar surface area (TPSA) is 61.7 Å². The van der Waals surface area contributed by atoms with Gasteiger partial charge in [0.1, 0.15) is 11.1 Å². The molecule has 11 aromatic rings. The molecule has 0 radical (unpaired) electrons. The average Bonchev–Trinajstić information content (AvgIpc) is 3.83. The standard InChI is InChI=1S/C43H25N5O/c1-3-13-26(14-4-1)42-45-38-31-19-9-12-22-36(31)49-41(38)43(46-42)48-35-21-11-8-18-29(35)33-25-44-37-32(39(33)48)24-23-30-28-17-7-10-20-34(28)47(40(30)37)27-15-5-2-6-16-27/h1-25H. The fraction of sp³-hybridized carbons (Fsp3) is 0. The molecule has 5 aromatic heterocycles. The molecule has 0 bridgehead atoms. The van der Waals surface area contributed by atoms with Crippen molar-refractivity contribution < 1.29 is 4.42 Å². The van der Waals surface area contributed by atoms with E-state index in [4.69, 9.17) is 19.4 Å². The first-order valence-electron chi connectivity index (χ1n) is 16.4. The lowest BCUT2D eigenvalue weighted by Gasteiger charge is -2.12. The fourth-order valence-electron chi connectivity index (χ4n) is 7.66. The summed E-state index contributed by atoms with van der Waals surface area (Å²) in [5, 5.41) is 6.49. The lowest BCUT2D eigenvalue weighted by molar-refractivity contribution is 0.662. The van der Waals surface area contributed by atoms with Crippen LogP contribution in [0.15, 0.2) is 156 Å². The summed E-state index contributed by atoms with van der Waals surface area (Å²) in [7, 11) is 0. The molecule has 228 valence electrons. The van der Waals surface area contributed by atoms with Gasteiger partial charge in [0.15, 0.2) is 17.2 Å². The second kappa shape index (κ2) is 9.86. The highest BCUT2D eigenvalue weighted by Gasteiger charge is 2.24. The Kier molecular flexibility index (Phi) is 5.29. The minimum absolute atomic E-state index is 0.644. The van der Waals surface area contributed by atoms with Crippen molar-refractivity contribution in [1.82, 2.24) is 24.1 Å². The van der Waals surface area contributed by atoms with Crippen LogP contribution in [-0.2, 0) is 0 Å². The van der Waals surface area contributed by atoms with Gasteiger partial charge in [-0.15, -0.1) is 0 Å². The van der Waals surface area contributed by atoms with Crippen LogP contribution < -0.4 is 0 Å². The zero-order valence-corrected chi connectivity index (χ0v) is 26.1. The lowest BCUT2D eigenvalue weighted by atomic mass is 10.1. The predicted octanol–water partition coefficient (Wildman–Crippen LogP) is 10.8. The first kappa shape index (κ1) is 26.3. The van der Waals surface area contributed by atoms with E-state index in [0.717, 1.165) is 76.9 Å². The van der Waals surface area contributed by atoms with Gasteiger partial charge >= 0.3 is 0 Å². The van der Waals surface area contributed by atoms with E-state index >= 15 is 0 Å². The number of hydrogen-bond acceptors (Lipinski definition) is 4. The van der Waals surface area contributed by atoms with Gasteiger partial charge in [-0.05, 0) is 42.5 Å². The lowest BCUT2D eigenvalue weighted by Crippen LogP contribution is -2.02. The molecule has 0 fully saturated rings. The molecule has 5 heterocycles. The molecule has 0 N–H and O–H groups in total. The molecular weight excluding hydrogens is 603 g/mol. The van der Waals surface area contributed by atoms with E-state index in [1.54, 1.807) is 0 Å². The Hall–Kier alpha value is -6.79. The second-order valence-electron chi connectivity index (χ2n) is 12.4. The van der Waals surface area contributed by atoms with E-state index in [9.17, 15) is 0 Å². The maximum atomic E-state index is 6.63. The summed E-state index contributed by atoms with van der Waals surface area (Å²) < 4.78 is 11.2. The molecule has 0 atom stereocenters. The number of fused-ring (bicyclic) bond motifs is 12. The van der Waals surface area contributed by atoms with Crippen LogP contribution >= 0.6 is 0 Å². The monoisotopic (exact) mass is 627 g/mol. The molecule has 0 saturated heterocycles. The highest BCUT2D eigenvalue weighted by molar-refractivity contribution is 6.25. The zero-order valence-electron chi connectivity index (χ0n) is 26.1. The van der Waals surface area contributed by atoms with Crippen molar-refractivity contribution in [2.75, 3.05) is 0 Å². The van der Waals surface area contributed by atoms with Crippen molar-refractivity contribution in [2.24, 2.45) is 0 Å². The number of furan rings is 1. The van der Waals surface area contributed by atoms with E-state index in [0.29, 0.717) is 17.2 Å². The molecule has 0 aliphatic heterocycles. The van der Waals surface area contributed by atoms with Crippen LogP contribution in [-0.4, -0.2) is 24.1 Å². The van der Waals surface area contributed by atoms with Crippen LogP contribution in [0.1, 0.15) is 0 Å². The van der Waals surface area contributed by atoms with E-state index in [1.807, 2.05) is 42.6 Å². The van der Waals surface area contributed by atoms with Gasteiger partial charge < -0.3 is 8.98 Å². The average molecular weight is 628 g/mol. The highest BCUT2D eigenvalue weighted by Crippen LogP contribution is 2.42. The van der Waals surface area contributed by atoms with Gasteiger partial charge in [-0.2, -0.15) is 0 Å². The van der Waals surface area contributed by atoms with E-state index < -0.39 is 0 Å². The van der Waals surface area contributed by atoms with Gasteiger partial charge in [0.2, 0.25) is 0 Å². The van der Waals surface area contributed by atoms with Crippen molar-refractivity contribution in [3.05, 3.63) is 152 Å². The van der Waals surface area contributed by atoms with Gasteiger partial charge in [-0.3, -0.25) is 9.55 Å². The first-order chi connectivity index (χ1) is 24.3. The Morgan fingerprint density at radius 1 is 0.449 bits per heavy atom. The molecule has 6 aromatic carbocycles. The van der Waals surface area contributed by atoms with E-state index in [1.165, 1.54) is 5.39 Å². The van der Waals surface area contributed by atoms with Gasteiger partial charge in [0.25, 0.3) is 0 Å². The number of hydrogen-bond donors (Lipinski definition) is 0. The third-order valence-corrected chi connectivity index (χ3v) is 9.76. The van der Waals surface area contributed by atoms with Crippen molar-refractivity contribution in [1.29, 1.82) is 0 Å². The number of pyridine rings is 1. The quantitative estimate of drug-likeness (QED) is 0.196. The first-order valence-corrected chi connectivity index (χ1v) is 16.4. The normalized spacial score (nSPS) is 12.1. The predicted molar refractivity (Wildman–Crippen MR) is 199 cm³/mol. The summed E-state index contributed by atoms with van der Waals surface area (Å²) in [6.45, 7) is 0. The molecule has 6 heteroatoms. The molecule has 0 aliphatic carbocycles. The molecule has 0 aliphatic rings. The molecule has 0 unspecified atom stereocenters.